The average molecular weight is 246 g/mol. The van der Waals surface area contributed by atoms with Crippen molar-refractivity contribution in [3.8, 4) is 5.69 Å². The summed E-state index contributed by atoms with van der Waals surface area (Å²) in [6.07, 6.45) is 2.67. The van der Waals surface area contributed by atoms with E-state index in [9.17, 15) is 4.79 Å². The average Bonchev–Trinajstić information content (AvgIpc) is 2.88. The van der Waals surface area contributed by atoms with Crippen LogP contribution >= 0.6 is 0 Å². The molecule has 2 aromatic rings. The molecule has 1 aromatic carbocycles. The molecule has 0 fully saturated rings. The van der Waals surface area contributed by atoms with Gasteiger partial charge in [-0.3, -0.25) is 0 Å². The van der Waals surface area contributed by atoms with Crippen molar-refractivity contribution < 1.29 is 15.1 Å². The van der Waals surface area contributed by atoms with Crippen molar-refractivity contribution in [3.63, 3.8) is 0 Å². The number of hydrogen-bond acceptors (Lipinski definition) is 4. The highest BCUT2D eigenvalue weighted by atomic mass is 16.4. The van der Waals surface area contributed by atoms with Crippen LogP contribution in [0.15, 0.2) is 41.8 Å². The Kier molecular flexibility index (Phi) is 2.96. The van der Waals surface area contributed by atoms with Gasteiger partial charge < -0.3 is 16.0 Å². The van der Waals surface area contributed by atoms with Gasteiger partial charge in [0.25, 0.3) is 0 Å². The number of nitrogens with two attached hydrogens (primary N) is 1. The van der Waals surface area contributed by atoms with Crippen molar-refractivity contribution in [3.05, 3.63) is 47.8 Å². The van der Waals surface area contributed by atoms with E-state index in [1.165, 1.54) is 17.1 Å². The molecule has 2 rings (SSSR count). The van der Waals surface area contributed by atoms with Crippen LogP contribution in [0.25, 0.3) is 5.69 Å². The van der Waals surface area contributed by atoms with Crippen molar-refractivity contribution in [2.45, 2.75) is 0 Å². The van der Waals surface area contributed by atoms with Gasteiger partial charge >= 0.3 is 5.97 Å². The monoisotopic (exact) mass is 246 g/mol. The second-order valence-electron chi connectivity index (χ2n) is 3.51. The van der Waals surface area contributed by atoms with E-state index in [0.717, 1.165) is 0 Å². The van der Waals surface area contributed by atoms with Crippen LogP contribution in [-0.4, -0.2) is 31.9 Å². The molecule has 0 amide bonds. The maximum Gasteiger partial charge on any atom is 0.338 e. The zero-order valence-corrected chi connectivity index (χ0v) is 9.19. The molecule has 1 aromatic heterocycles. The summed E-state index contributed by atoms with van der Waals surface area (Å²) >= 11 is 0. The van der Waals surface area contributed by atoms with E-state index in [1.54, 1.807) is 24.3 Å². The first-order valence-corrected chi connectivity index (χ1v) is 4.98. The molecule has 0 aliphatic heterocycles. The lowest BCUT2D eigenvalue weighted by molar-refractivity contribution is 0.0697. The number of oxime groups is 1. The summed E-state index contributed by atoms with van der Waals surface area (Å²) in [4.78, 5) is 10.7. The normalized spacial score (nSPS) is 11.4. The first-order chi connectivity index (χ1) is 8.61. The van der Waals surface area contributed by atoms with Crippen LogP contribution in [-0.2, 0) is 0 Å². The molecule has 0 spiro atoms. The van der Waals surface area contributed by atoms with Crippen LogP contribution in [0.3, 0.4) is 0 Å². The van der Waals surface area contributed by atoms with Gasteiger partial charge in [0.05, 0.1) is 17.4 Å². The molecule has 0 aliphatic carbocycles. The number of hydrogen-bond donors (Lipinski definition) is 3. The van der Waals surface area contributed by atoms with Crippen LogP contribution in [0.5, 0.6) is 0 Å². The van der Waals surface area contributed by atoms with Gasteiger partial charge in [-0.2, -0.15) is 5.10 Å². The summed E-state index contributed by atoms with van der Waals surface area (Å²) in [6.45, 7) is 0. The highest BCUT2D eigenvalue weighted by molar-refractivity contribution is 5.97. The number of aromatic carboxylic acids is 1. The van der Waals surface area contributed by atoms with Crippen molar-refractivity contribution in [1.82, 2.24) is 9.78 Å². The summed E-state index contributed by atoms with van der Waals surface area (Å²) in [7, 11) is 0. The molecule has 4 N–H and O–H groups in total. The largest absolute Gasteiger partial charge is 0.478 e. The van der Waals surface area contributed by atoms with Gasteiger partial charge in [0.15, 0.2) is 5.84 Å². The fraction of sp³-hybridized carbons (Fsp3) is 0. The maximum atomic E-state index is 10.7. The van der Waals surface area contributed by atoms with Gasteiger partial charge in [0.1, 0.15) is 0 Å². The van der Waals surface area contributed by atoms with Crippen LogP contribution in [0, 0.1) is 0 Å². The van der Waals surface area contributed by atoms with Crippen LogP contribution in [0.2, 0.25) is 0 Å². The number of amidine groups is 1. The molecule has 7 heteroatoms. The molecule has 0 aliphatic rings. The predicted molar refractivity (Wildman–Crippen MR) is 63.0 cm³/mol. The second kappa shape index (κ2) is 4.58. The topological polar surface area (TPSA) is 114 Å². The molecule has 7 nitrogen and oxygen atoms in total. The minimum atomic E-state index is -1.03. The minimum absolute atomic E-state index is 0.00763. The molecule has 92 valence electrons. The third-order valence-electron chi connectivity index (χ3n) is 2.36. The highest BCUT2D eigenvalue weighted by Crippen LogP contribution is 2.10. The van der Waals surface area contributed by atoms with Crippen LogP contribution < -0.4 is 5.73 Å². The Labute approximate surface area is 102 Å². The Hall–Kier alpha value is -2.83. The van der Waals surface area contributed by atoms with Crippen LogP contribution in [0.4, 0.5) is 0 Å². The molecular weight excluding hydrogens is 236 g/mol. The first kappa shape index (κ1) is 11.6. The van der Waals surface area contributed by atoms with E-state index < -0.39 is 5.97 Å². The van der Waals surface area contributed by atoms with Gasteiger partial charge in [0, 0.05) is 11.8 Å². The Balaban J connectivity index is 2.31. The number of aromatic nitrogens is 2. The van der Waals surface area contributed by atoms with E-state index in [4.69, 9.17) is 16.0 Å². The van der Waals surface area contributed by atoms with E-state index >= 15 is 0 Å². The fourth-order valence-corrected chi connectivity index (χ4v) is 1.42. The smallest absolute Gasteiger partial charge is 0.338 e. The van der Waals surface area contributed by atoms with Gasteiger partial charge in [-0.05, 0) is 24.3 Å². The molecule has 0 bridgehead atoms. The minimum Gasteiger partial charge on any atom is -0.478 e. The Bertz CT molecular complexity index is 601. The van der Waals surface area contributed by atoms with Crippen molar-refractivity contribution >= 4 is 11.8 Å². The van der Waals surface area contributed by atoms with E-state index in [2.05, 4.69) is 10.3 Å². The zero-order chi connectivity index (χ0) is 13.1. The Morgan fingerprint density at radius 1 is 1.28 bits per heavy atom. The van der Waals surface area contributed by atoms with E-state index in [1.807, 2.05) is 0 Å². The summed E-state index contributed by atoms with van der Waals surface area (Å²) in [5.41, 5.74) is 6.77. The lowest BCUT2D eigenvalue weighted by atomic mass is 10.2. The summed E-state index contributed by atoms with van der Waals surface area (Å²) in [5, 5.41) is 24.1. The molecule has 18 heavy (non-hydrogen) atoms. The second-order valence-corrected chi connectivity index (χ2v) is 3.51. The SMILES string of the molecule is N/C(=N/O)c1ccc(-n2cc(C(=O)O)cn2)cc1. The number of nitrogens with zero attached hydrogens (tertiary/aromatic N) is 3. The molecule has 0 unspecified atom stereocenters. The zero-order valence-electron chi connectivity index (χ0n) is 9.19. The number of carboxylic acid groups (broad SMARTS) is 1. The van der Waals surface area contributed by atoms with Gasteiger partial charge in [0.2, 0.25) is 0 Å². The Morgan fingerprint density at radius 2 is 1.94 bits per heavy atom. The Morgan fingerprint density at radius 3 is 2.44 bits per heavy atom. The lowest BCUT2D eigenvalue weighted by Gasteiger charge is -2.02. The van der Waals surface area contributed by atoms with Crippen LogP contribution in [0.1, 0.15) is 15.9 Å². The first-order valence-electron chi connectivity index (χ1n) is 4.98. The lowest BCUT2D eigenvalue weighted by Crippen LogP contribution is -2.12. The summed E-state index contributed by atoms with van der Waals surface area (Å²) in [5.74, 6) is -1.03. The maximum absolute atomic E-state index is 10.7. The number of benzene rings is 1. The third kappa shape index (κ3) is 2.14. The van der Waals surface area contributed by atoms with Gasteiger partial charge in [-0.15, -0.1) is 0 Å². The molecule has 1 heterocycles. The van der Waals surface area contributed by atoms with E-state index in [0.29, 0.717) is 11.3 Å². The summed E-state index contributed by atoms with van der Waals surface area (Å²) in [6, 6.07) is 6.66. The number of carboxylic acids is 1. The van der Waals surface area contributed by atoms with Crippen molar-refractivity contribution in [2.24, 2.45) is 10.9 Å². The quantitative estimate of drug-likeness (QED) is 0.318. The number of carbonyl (C=O) groups is 1. The summed E-state index contributed by atoms with van der Waals surface area (Å²) < 4.78 is 1.43. The molecule has 0 saturated carbocycles. The third-order valence-corrected chi connectivity index (χ3v) is 2.36. The number of rotatable bonds is 3. The standard InChI is InChI=1S/C11H10N4O3/c12-10(14-18)7-1-3-9(4-2-7)15-6-8(5-13-15)11(16)17/h1-6,18H,(H2,12,14)(H,16,17). The fourth-order valence-electron chi connectivity index (χ4n) is 1.42. The highest BCUT2D eigenvalue weighted by Gasteiger charge is 2.07. The molecule has 0 saturated heterocycles. The van der Waals surface area contributed by atoms with Gasteiger partial charge in [-0.1, -0.05) is 5.16 Å². The van der Waals surface area contributed by atoms with Gasteiger partial charge in [-0.25, -0.2) is 9.48 Å². The molecular formula is C11H10N4O3. The van der Waals surface area contributed by atoms with E-state index in [-0.39, 0.29) is 11.4 Å². The molecule has 0 atom stereocenters. The predicted octanol–water partition coefficient (Wildman–Crippen LogP) is 0.665. The molecule has 0 radical (unpaired) electrons. The van der Waals surface area contributed by atoms with Crippen molar-refractivity contribution in [1.29, 1.82) is 0 Å². The van der Waals surface area contributed by atoms with Crippen molar-refractivity contribution in [2.75, 3.05) is 0 Å².